The van der Waals surface area contributed by atoms with E-state index in [0.29, 0.717) is 5.78 Å². The lowest BCUT2D eigenvalue weighted by Gasteiger charge is -2.21. The van der Waals surface area contributed by atoms with Crippen LogP contribution in [0.4, 0.5) is 5.95 Å². The van der Waals surface area contributed by atoms with Crippen molar-refractivity contribution in [1.29, 1.82) is 0 Å². The smallest absolute Gasteiger partial charge is 0.228 e. The fourth-order valence-corrected chi connectivity index (χ4v) is 4.36. The summed E-state index contributed by atoms with van der Waals surface area (Å²) in [6.45, 7) is 3.87. The summed E-state index contributed by atoms with van der Waals surface area (Å²) in [7, 11) is -3.86. The lowest BCUT2D eigenvalue weighted by atomic mass is 10.2. The van der Waals surface area contributed by atoms with Crippen LogP contribution in [0.2, 0.25) is 0 Å². The van der Waals surface area contributed by atoms with Crippen molar-refractivity contribution in [2.45, 2.75) is 25.3 Å². The van der Waals surface area contributed by atoms with E-state index in [4.69, 9.17) is 0 Å². The molecule has 0 radical (unpaired) electrons. The molecule has 7 nitrogen and oxygen atoms in total. The van der Waals surface area contributed by atoms with Crippen LogP contribution in [0.3, 0.4) is 0 Å². The van der Waals surface area contributed by atoms with Gasteiger partial charge in [0.1, 0.15) is 0 Å². The molecule has 0 atom stereocenters. The Labute approximate surface area is 163 Å². The van der Waals surface area contributed by atoms with Crippen molar-refractivity contribution in [3.63, 3.8) is 0 Å². The molecule has 0 N–H and O–H groups in total. The van der Waals surface area contributed by atoms with Crippen molar-refractivity contribution in [2.75, 3.05) is 4.31 Å². The molecule has 2 heterocycles. The summed E-state index contributed by atoms with van der Waals surface area (Å²) in [4.78, 5) is 8.97. The summed E-state index contributed by atoms with van der Waals surface area (Å²) in [5, 5.41) is 4.43. The molecule has 142 valence electrons. The maximum absolute atomic E-state index is 13.4. The third-order valence-corrected chi connectivity index (χ3v) is 6.07. The molecular weight excluding hydrogens is 374 g/mol. The summed E-state index contributed by atoms with van der Waals surface area (Å²) in [6, 6.07) is 19.5. The number of sulfonamides is 1. The van der Waals surface area contributed by atoms with Gasteiger partial charge >= 0.3 is 0 Å². The highest BCUT2D eigenvalue weighted by atomic mass is 32.2. The van der Waals surface area contributed by atoms with Crippen LogP contribution >= 0.6 is 0 Å². The van der Waals surface area contributed by atoms with Gasteiger partial charge < -0.3 is 0 Å². The minimum Gasteiger partial charge on any atom is -0.228 e. The van der Waals surface area contributed by atoms with Gasteiger partial charge in [0.2, 0.25) is 0 Å². The number of aromatic nitrogens is 4. The fraction of sp³-hybridized carbons (Fsp3) is 0.150. The van der Waals surface area contributed by atoms with E-state index < -0.39 is 10.0 Å². The zero-order chi connectivity index (χ0) is 19.7. The van der Waals surface area contributed by atoms with Crippen molar-refractivity contribution in [3.05, 3.63) is 83.7 Å². The van der Waals surface area contributed by atoms with E-state index in [9.17, 15) is 8.42 Å². The van der Waals surface area contributed by atoms with Crippen LogP contribution in [0.1, 0.15) is 17.0 Å². The molecular formula is C20H19N5O2S. The number of benzene rings is 2. The molecule has 0 unspecified atom stereocenters. The van der Waals surface area contributed by atoms with Crippen molar-refractivity contribution < 1.29 is 8.42 Å². The number of rotatable bonds is 5. The maximum atomic E-state index is 13.4. The molecule has 0 saturated heterocycles. The van der Waals surface area contributed by atoms with Gasteiger partial charge in [-0.25, -0.2) is 17.7 Å². The molecule has 28 heavy (non-hydrogen) atoms. The molecule has 2 aromatic heterocycles. The van der Waals surface area contributed by atoms with Gasteiger partial charge in [-0.1, -0.05) is 48.5 Å². The molecule has 4 rings (SSSR count). The first-order valence-corrected chi connectivity index (χ1v) is 10.2. The fourth-order valence-electron chi connectivity index (χ4n) is 2.99. The number of hydrogen-bond acceptors (Lipinski definition) is 5. The highest BCUT2D eigenvalue weighted by Crippen LogP contribution is 2.24. The summed E-state index contributed by atoms with van der Waals surface area (Å²) in [5.74, 6) is 0.461. The van der Waals surface area contributed by atoms with E-state index in [0.717, 1.165) is 17.0 Å². The van der Waals surface area contributed by atoms with Crippen LogP contribution in [0, 0.1) is 13.8 Å². The molecule has 8 heteroatoms. The Morgan fingerprint density at radius 2 is 1.57 bits per heavy atom. The zero-order valence-corrected chi connectivity index (χ0v) is 16.3. The van der Waals surface area contributed by atoms with E-state index in [1.54, 1.807) is 34.8 Å². The molecule has 0 aliphatic heterocycles. The minimum absolute atomic E-state index is 0.0916. The van der Waals surface area contributed by atoms with Crippen LogP contribution in [0.5, 0.6) is 0 Å². The highest BCUT2D eigenvalue weighted by molar-refractivity contribution is 7.92. The Hall–Kier alpha value is -3.26. The Bertz CT molecular complexity index is 1220. The predicted molar refractivity (Wildman–Crippen MR) is 107 cm³/mol. The Kier molecular flexibility index (Phi) is 4.56. The Morgan fingerprint density at radius 1 is 0.929 bits per heavy atom. The largest absolute Gasteiger partial charge is 0.267 e. The number of aryl methyl sites for hydroxylation is 2. The molecule has 0 amide bonds. The van der Waals surface area contributed by atoms with Crippen LogP contribution in [0.15, 0.2) is 71.6 Å². The second kappa shape index (κ2) is 7.05. The lowest BCUT2D eigenvalue weighted by Crippen LogP contribution is -2.31. The number of fused-ring (bicyclic) bond motifs is 1. The summed E-state index contributed by atoms with van der Waals surface area (Å²) >= 11 is 0. The summed E-state index contributed by atoms with van der Waals surface area (Å²) in [6.07, 6.45) is 0. The third kappa shape index (κ3) is 3.34. The van der Waals surface area contributed by atoms with E-state index in [1.807, 2.05) is 50.2 Å². The normalized spacial score (nSPS) is 11.6. The number of anilines is 1. The SMILES string of the molecule is Cc1cc(C)n2nc(N(Cc3ccccc3)S(=O)(=O)c3ccccc3)nc2n1. The van der Waals surface area contributed by atoms with Crippen LogP contribution in [-0.2, 0) is 16.6 Å². The van der Waals surface area contributed by atoms with Gasteiger partial charge in [-0.2, -0.15) is 9.50 Å². The van der Waals surface area contributed by atoms with E-state index in [2.05, 4.69) is 15.1 Å². The highest BCUT2D eigenvalue weighted by Gasteiger charge is 2.29. The van der Waals surface area contributed by atoms with Crippen molar-refractivity contribution in [1.82, 2.24) is 19.6 Å². The topological polar surface area (TPSA) is 80.5 Å². The van der Waals surface area contributed by atoms with E-state index >= 15 is 0 Å². The molecule has 2 aromatic carbocycles. The summed E-state index contributed by atoms with van der Waals surface area (Å²) in [5.41, 5.74) is 2.46. The van der Waals surface area contributed by atoms with Gasteiger partial charge in [-0.3, -0.25) is 0 Å². The van der Waals surface area contributed by atoms with E-state index in [-0.39, 0.29) is 17.4 Å². The van der Waals surface area contributed by atoms with Crippen molar-refractivity contribution in [2.24, 2.45) is 0 Å². The lowest BCUT2D eigenvalue weighted by molar-refractivity contribution is 0.589. The van der Waals surface area contributed by atoms with Gasteiger partial charge in [-0.05, 0) is 37.6 Å². The van der Waals surface area contributed by atoms with Gasteiger partial charge in [0.25, 0.3) is 21.7 Å². The molecule has 0 bridgehead atoms. The van der Waals surface area contributed by atoms with Gasteiger partial charge in [0.15, 0.2) is 0 Å². The van der Waals surface area contributed by atoms with Crippen LogP contribution < -0.4 is 4.31 Å². The minimum atomic E-state index is -3.86. The first-order chi connectivity index (χ1) is 13.4. The van der Waals surface area contributed by atoms with Crippen molar-refractivity contribution >= 4 is 21.7 Å². The maximum Gasteiger partial charge on any atom is 0.267 e. The molecule has 0 fully saturated rings. The molecule has 0 aliphatic rings. The average Bonchev–Trinajstić information content (AvgIpc) is 3.11. The monoisotopic (exact) mass is 393 g/mol. The number of hydrogen-bond donors (Lipinski definition) is 0. The molecule has 0 spiro atoms. The van der Waals surface area contributed by atoms with Crippen LogP contribution in [0.25, 0.3) is 5.78 Å². The van der Waals surface area contributed by atoms with Crippen molar-refractivity contribution in [3.8, 4) is 0 Å². The number of nitrogens with zero attached hydrogens (tertiary/aromatic N) is 5. The second-order valence-electron chi connectivity index (χ2n) is 6.47. The summed E-state index contributed by atoms with van der Waals surface area (Å²) < 4.78 is 29.5. The molecule has 0 aliphatic carbocycles. The second-order valence-corrected chi connectivity index (χ2v) is 8.34. The third-order valence-electron chi connectivity index (χ3n) is 4.33. The van der Waals surface area contributed by atoms with Gasteiger partial charge in [0.05, 0.1) is 11.4 Å². The first-order valence-electron chi connectivity index (χ1n) is 8.78. The Morgan fingerprint density at radius 3 is 2.25 bits per heavy atom. The first kappa shape index (κ1) is 18.1. The standard InChI is InChI=1S/C20H19N5O2S/c1-15-13-16(2)25-19(21-15)22-20(23-25)24(14-17-9-5-3-6-10-17)28(26,27)18-11-7-4-8-12-18/h3-13H,14H2,1-2H3. The quantitative estimate of drug-likeness (QED) is 0.520. The van der Waals surface area contributed by atoms with Gasteiger partial charge in [-0.15, -0.1) is 5.10 Å². The van der Waals surface area contributed by atoms with Gasteiger partial charge in [0, 0.05) is 11.4 Å². The average molecular weight is 393 g/mol. The Balaban J connectivity index is 1.87. The zero-order valence-electron chi connectivity index (χ0n) is 15.5. The molecule has 0 saturated carbocycles. The van der Waals surface area contributed by atoms with E-state index in [1.165, 1.54) is 4.31 Å². The van der Waals surface area contributed by atoms with Crippen LogP contribution in [-0.4, -0.2) is 28.0 Å². The molecule has 4 aromatic rings. The predicted octanol–water partition coefficient (Wildman–Crippen LogP) is 3.14.